The molecule has 0 fully saturated rings. The number of carbonyl (C=O) groups is 2. The molecule has 0 unspecified atom stereocenters. The number of hydrogen-bond acceptors (Lipinski definition) is 6. The summed E-state index contributed by atoms with van der Waals surface area (Å²) < 4.78 is 10.5. The molecule has 0 atom stereocenters. The average Bonchev–Trinajstić information content (AvgIpc) is 2.34. The minimum Gasteiger partial charge on any atom is -0.443 e. The Morgan fingerprint density at radius 2 is 1.29 bits per heavy atom. The molecule has 1 rings (SSSR count). The van der Waals surface area contributed by atoms with Crippen molar-refractivity contribution >= 4 is 18.1 Å². The van der Waals surface area contributed by atoms with E-state index in [1.807, 2.05) is 13.8 Å². The van der Waals surface area contributed by atoms with E-state index in [0.717, 1.165) is 5.56 Å². The van der Waals surface area contributed by atoms with Gasteiger partial charge in [-0.15, -0.1) is 4.90 Å². The summed E-state index contributed by atoms with van der Waals surface area (Å²) in [5.74, 6) is 0.151. The number of hydrogen-bond donors (Lipinski definition) is 0. The molecule has 1 heterocycles. The van der Waals surface area contributed by atoms with Crippen LogP contribution in [0.3, 0.4) is 0 Å². The standard InChI is InChI=1S/C17H27N3O4/c1-11(2)12-9-18-13(19-10-12)20(14(21)23-16(3,4)5)15(22)24-17(6,7)8/h9-11H,1-8H3. The van der Waals surface area contributed by atoms with E-state index in [4.69, 9.17) is 9.47 Å². The van der Waals surface area contributed by atoms with E-state index in [2.05, 4.69) is 9.97 Å². The highest BCUT2D eigenvalue weighted by Gasteiger charge is 2.34. The van der Waals surface area contributed by atoms with Gasteiger partial charge in [0.15, 0.2) is 0 Å². The van der Waals surface area contributed by atoms with Crippen LogP contribution in [0.5, 0.6) is 0 Å². The fourth-order valence-electron chi connectivity index (χ4n) is 1.60. The maximum atomic E-state index is 12.4. The lowest BCUT2D eigenvalue weighted by atomic mass is 10.1. The van der Waals surface area contributed by atoms with Crippen LogP contribution < -0.4 is 4.90 Å². The maximum Gasteiger partial charge on any atom is 0.427 e. The minimum atomic E-state index is -0.881. The molecule has 1 aromatic heterocycles. The molecule has 0 N–H and O–H groups in total. The third-order valence-corrected chi connectivity index (χ3v) is 2.68. The SMILES string of the molecule is CC(C)c1cnc(N(C(=O)OC(C)(C)C)C(=O)OC(C)(C)C)nc1. The van der Waals surface area contributed by atoms with Gasteiger partial charge < -0.3 is 9.47 Å². The van der Waals surface area contributed by atoms with Crippen LogP contribution in [-0.2, 0) is 9.47 Å². The maximum absolute atomic E-state index is 12.4. The number of aromatic nitrogens is 2. The average molecular weight is 337 g/mol. The first-order valence-electron chi connectivity index (χ1n) is 7.88. The monoisotopic (exact) mass is 337 g/mol. The lowest BCUT2D eigenvalue weighted by Crippen LogP contribution is -2.44. The van der Waals surface area contributed by atoms with Crippen molar-refractivity contribution in [1.29, 1.82) is 0 Å². The molecule has 0 aliphatic rings. The summed E-state index contributed by atoms with van der Waals surface area (Å²) >= 11 is 0. The second-order valence-electron chi connectivity index (χ2n) is 7.77. The Morgan fingerprint density at radius 1 is 0.917 bits per heavy atom. The molecule has 0 saturated carbocycles. The Hall–Kier alpha value is -2.18. The summed E-state index contributed by atoms with van der Waals surface area (Å²) in [6.45, 7) is 14.3. The zero-order chi connectivity index (χ0) is 18.7. The molecule has 0 aliphatic heterocycles. The lowest BCUT2D eigenvalue weighted by Gasteiger charge is -2.27. The molecule has 1 aromatic rings. The molecule has 0 aromatic carbocycles. The van der Waals surface area contributed by atoms with Gasteiger partial charge in [0.25, 0.3) is 0 Å². The third-order valence-electron chi connectivity index (χ3n) is 2.68. The van der Waals surface area contributed by atoms with Crippen LogP contribution in [0, 0.1) is 0 Å². The van der Waals surface area contributed by atoms with Gasteiger partial charge >= 0.3 is 12.2 Å². The van der Waals surface area contributed by atoms with Crippen LogP contribution in [0.25, 0.3) is 0 Å². The summed E-state index contributed by atoms with van der Waals surface area (Å²) in [5, 5.41) is 0. The van der Waals surface area contributed by atoms with E-state index >= 15 is 0 Å². The smallest absolute Gasteiger partial charge is 0.427 e. The number of carbonyl (C=O) groups excluding carboxylic acids is 2. The van der Waals surface area contributed by atoms with E-state index in [-0.39, 0.29) is 11.9 Å². The fraction of sp³-hybridized carbons (Fsp3) is 0.647. The number of imide groups is 1. The molecule has 2 amide bonds. The van der Waals surface area contributed by atoms with E-state index in [1.165, 1.54) is 0 Å². The van der Waals surface area contributed by atoms with E-state index in [0.29, 0.717) is 4.90 Å². The topological polar surface area (TPSA) is 81.6 Å². The van der Waals surface area contributed by atoms with Crippen LogP contribution in [0.15, 0.2) is 12.4 Å². The van der Waals surface area contributed by atoms with Gasteiger partial charge in [0.05, 0.1) is 0 Å². The van der Waals surface area contributed by atoms with Gasteiger partial charge in [0.2, 0.25) is 5.95 Å². The Labute approximate surface area is 143 Å². The number of nitrogens with zero attached hydrogens (tertiary/aromatic N) is 3. The van der Waals surface area contributed by atoms with Gasteiger partial charge in [0.1, 0.15) is 11.2 Å². The zero-order valence-corrected chi connectivity index (χ0v) is 15.7. The molecule has 0 radical (unpaired) electrons. The van der Waals surface area contributed by atoms with E-state index in [9.17, 15) is 9.59 Å². The molecular formula is C17H27N3O4. The Balaban J connectivity index is 3.17. The van der Waals surface area contributed by atoms with Crippen molar-refractivity contribution in [1.82, 2.24) is 9.97 Å². The van der Waals surface area contributed by atoms with E-state index < -0.39 is 23.4 Å². The lowest BCUT2D eigenvalue weighted by molar-refractivity contribution is 0.0427. The van der Waals surface area contributed by atoms with Gasteiger partial charge in [-0.05, 0) is 53.0 Å². The summed E-state index contributed by atoms with van der Waals surface area (Å²) in [5.41, 5.74) is -0.642. The second kappa shape index (κ2) is 7.15. The van der Waals surface area contributed by atoms with Crippen LogP contribution in [0.2, 0.25) is 0 Å². The first-order chi connectivity index (χ1) is 10.8. The number of anilines is 1. The highest BCUT2D eigenvalue weighted by molar-refractivity contribution is 6.08. The Kier molecular flexibility index (Phi) is 5.92. The van der Waals surface area contributed by atoms with E-state index in [1.54, 1.807) is 53.9 Å². The highest BCUT2D eigenvalue weighted by Crippen LogP contribution is 2.20. The van der Waals surface area contributed by atoms with Gasteiger partial charge in [-0.3, -0.25) is 0 Å². The molecule has 0 bridgehead atoms. The molecule has 0 saturated heterocycles. The molecule has 7 nitrogen and oxygen atoms in total. The predicted molar refractivity (Wildman–Crippen MR) is 91.1 cm³/mol. The van der Waals surface area contributed by atoms with Gasteiger partial charge in [-0.25, -0.2) is 19.6 Å². The number of amides is 2. The first kappa shape index (κ1) is 19.9. The predicted octanol–water partition coefficient (Wildman–Crippen LogP) is 4.28. The second-order valence-corrected chi connectivity index (χ2v) is 7.77. The van der Waals surface area contributed by atoms with Gasteiger partial charge in [-0.2, -0.15) is 0 Å². The van der Waals surface area contributed by atoms with Crippen molar-refractivity contribution in [3.05, 3.63) is 18.0 Å². The Bertz CT molecular complexity index is 555. The van der Waals surface area contributed by atoms with Gasteiger partial charge in [0, 0.05) is 12.4 Å². The van der Waals surface area contributed by atoms with Crippen molar-refractivity contribution in [2.45, 2.75) is 72.5 Å². The summed E-state index contributed by atoms with van der Waals surface area (Å²) in [7, 11) is 0. The first-order valence-corrected chi connectivity index (χ1v) is 7.88. The minimum absolute atomic E-state index is 0.0806. The van der Waals surface area contributed by atoms with Gasteiger partial charge in [-0.1, -0.05) is 13.8 Å². The third kappa shape index (κ3) is 6.14. The summed E-state index contributed by atoms with van der Waals surface area (Å²) in [4.78, 5) is 33.8. The number of rotatable bonds is 2. The molecule has 7 heteroatoms. The fourth-order valence-corrected chi connectivity index (χ4v) is 1.60. The van der Waals surface area contributed by atoms with Crippen molar-refractivity contribution in [2.24, 2.45) is 0 Å². The van der Waals surface area contributed by atoms with Crippen molar-refractivity contribution in [3.63, 3.8) is 0 Å². The quantitative estimate of drug-likeness (QED) is 0.801. The van der Waals surface area contributed by atoms with Crippen molar-refractivity contribution < 1.29 is 19.1 Å². The highest BCUT2D eigenvalue weighted by atomic mass is 16.6. The zero-order valence-electron chi connectivity index (χ0n) is 15.7. The molecule has 0 spiro atoms. The van der Waals surface area contributed by atoms with Crippen molar-refractivity contribution in [2.75, 3.05) is 4.90 Å². The van der Waals surface area contributed by atoms with Crippen LogP contribution in [-0.4, -0.2) is 33.4 Å². The van der Waals surface area contributed by atoms with Crippen LogP contribution in [0.1, 0.15) is 66.9 Å². The normalized spacial score (nSPS) is 12.0. The molecule has 24 heavy (non-hydrogen) atoms. The largest absolute Gasteiger partial charge is 0.443 e. The molecular weight excluding hydrogens is 310 g/mol. The number of ether oxygens (including phenoxy) is 2. The summed E-state index contributed by atoms with van der Waals surface area (Å²) in [6.07, 6.45) is 1.40. The van der Waals surface area contributed by atoms with Crippen LogP contribution in [0.4, 0.5) is 15.5 Å². The molecule has 0 aliphatic carbocycles. The summed E-state index contributed by atoms with van der Waals surface area (Å²) in [6, 6.07) is 0. The Morgan fingerprint density at radius 3 is 1.58 bits per heavy atom. The van der Waals surface area contributed by atoms with Crippen molar-refractivity contribution in [3.8, 4) is 0 Å². The molecule has 134 valence electrons. The van der Waals surface area contributed by atoms with Crippen LogP contribution >= 0.6 is 0 Å².